The van der Waals surface area contributed by atoms with Crippen molar-refractivity contribution >= 4 is 47.4 Å². The van der Waals surface area contributed by atoms with E-state index < -0.39 is 115 Å². The zero-order chi connectivity index (χ0) is 43.4. The van der Waals surface area contributed by atoms with Gasteiger partial charge in [-0.05, 0) is 83.3 Å². The number of allylic oxidation sites excluding steroid dienone is 2. The number of fused-ring (bicyclic) bond motifs is 2. The highest BCUT2D eigenvalue weighted by Crippen LogP contribution is 2.24. The van der Waals surface area contributed by atoms with Crippen molar-refractivity contribution in [1.82, 2.24) is 35.6 Å². The molecule has 0 saturated carbocycles. The first-order chi connectivity index (χ1) is 28.0. The summed E-state index contributed by atoms with van der Waals surface area (Å²) in [6, 6.07) is -5.45. The van der Waals surface area contributed by atoms with Gasteiger partial charge in [-0.2, -0.15) is 0 Å². The SMILES string of the molecule is C=CCCC=CC(=O)N[C@@H](Cc1cc(F)cc(F)c1)C(=O)N[C@H]1COC(=O)[C@@H]2CCCN2C(=O)[C@H](C)NC(=O)[C@H](COC(=O)CN(C)C)N(C)C(=O)[C@@H]2CCCN2C1=O. The molecule has 0 spiro atoms. The number of likely N-dealkylation sites (N-methyl/N-ethyl adjacent to an activating group) is 2. The number of nitrogens with one attached hydrogen (secondary N) is 3. The lowest BCUT2D eigenvalue weighted by atomic mass is 10.0. The Kier molecular flexibility index (Phi) is 16.6. The summed E-state index contributed by atoms with van der Waals surface area (Å²) in [5.74, 6) is -8.14. The van der Waals surface area contributed by atoms with Crippen LogP contribution >= 0.6 is 0 Å². The maximum Gasteiger partial charge on any atom is 0.328 e. The van der Waals surface area contributed by atoms with E-state index in [4.69, 9.17) is 9.47 Å². The summed E-state index contributed by atoms with van der Waals surface area (Å²) in [6.45, 7) is 3.75. The average Bonchev–Trinajstić information content (AvgIpc) is 3.87. The van der Waals surface area contributed by atoms with Gasteiger partial charge in [-0.15, -0.1) is 6.58 Å². The number of amides is 6. The number of ether oxygens (including phenoxy) is 2. The average molecular weight is 830 g/mol. The van der Waals surface area contributed by atoms with Crippen LogP contribution in [0.1, 0.15) is 51.0 Å². The van der Waals surface area contributed by atoms with Crippen LogP contribution in [-0.4, -0.2) is 157 Å². The lowest BCUT2D eigenvalue weighted by molar-refractivity contribution is -0.158. The predicted octanol–water partition coefficient (Wildman–Crippen LogP) is -0.0254. The maximum atomic E-state index is 14.4. The number of nitrogens with zero attached hydrogens (tertiary/aromatic N) is 4. The van der Waals surface area contributed by atoms with Crippen molar-refractivity contribution in [3.63, 3.8) is 0 Å². The van der Waals surface area contributed by atoms with Crippen molar-refractivity contribution in [2.24, 2.45) is 0 Å². The Morgan fingerprint density at radius 2 is 1.63 bits per heavy atom. The Bertz CT molecular complexity index is 1790. The maximum absolute atomic E-state index is 14.4. The van der Waals surface area contributed by atoms with Crippen LogP contribution in [-0.2, 0) is 54.3 Å². The zero-order valence-corrected chi connectivity index (χ0v) is 33.7. The van der Waals surface area contributed by atoms with Crippen LogP contribution in [0.25, 0.3) is 0 Å². The van der Waals surface area contributed by atoms with Gasteiger partial charge in [0, 0.05) is 32.6 Å². The van der Waals surface area contributed by atoms with Crippen LogP contribution in [0.3, 0.4) is 0 Å². The van der Waals surface area contributed by atoms with Crippen molar-refractivity contribution < 1.29 is 56.6 Å². The number of halogens is 2. The first-order valence-corrected chi connectivity index (χ1v) is 19.5. The molecule has 3 N–H and O–H groups in total. The number of hydrogen-bond acceptors (Lipinski definition) is 11. The molecule has 3 fully saturated rings. The molecule has 0 unspecified atom stereocenters. The Balaban J connectivity index is 1.69. The van der Waals surface area contributed by atoms with Gasteiger partial charge in [0.25, 0.3) is 0 Å². The fraction of sp³-hybridized carbons (Fsp3) is 0.550. The molecular weight excluding hydrogens is 776 g/mol. The smallest absolute Gasteiger partial charge is 0.328 e. The van der Waals surface area contributed by atoms with Crippen LogP contribution in [0.5, 0.6) is 0 Å². The Hall–Kier alpha value is -5.72. The van der Waals surface area contributed by atoms with Gasteiger partial charge in [0.1, 0.15) is 61.1 Å². The number of cyclic esters (lactones) is 1. The van der Waals surface area contributed by atoms with Crippen molar-refractivity contribution in [2.75, 3.05) is 54.0 Å². The third-order valence-corrected chi connectivity index (χ3v) is 10.1. The molecule has 0 aliphatic carbocycles. The highest BCUT2D eigenvalue weighted by molar-refractivity contribution is 5.98. The molecule has 19 heteroatoms. The second-order valence-electron chi connectivity index (χ2n) is 15.0. The van der Waals surface area contributed by atoms with Gasteiger partial charge in [-0.25, -0.2) is 13.6 Å². The third-order valence-electron chi connectivity index (χ3n) is 10.1. The first-order valence-electron chi connectivity index (χ1n) is 19.5. The molecule has 3 saturated heterocycles. The fourth-order valence-corrected chi connectivity index (χ4v) is 7.12. The van der Waals surface area contributed by atoms with Gasteiger partial charge in [-0.1, -0.05) is 12.2 Å². The topological polar surface area (TPSA) is 204 Å². The predicted molar refractivity (Wildman–Crippen MR) is 207 cm³/mol. The molecule has 0 bridgehead atoms. The second-order valence-corrected chi connectivity index (χ2v) is 15.0. The molecule has 17 nitrogen and oxygen atoms in total. The summed E-state index contributed by atoms with van der Waals surface area (Å²) in [6.07, 6.45) is 6.06. The van der Waals surface area contributed by atoms with Gasteiger partial charge in [0.2, 0.25) is 35.4 Å². The standard InChI is InChI=1S/C40H53F2N7O10/c1-6-7-8-9-14-33(50)44-28(19-25-17-26(41)20-27(42)18-25)35(52)45-29-22-59-40(57)31-13-11-16-49(31)37(54)24(2)43-36(53)32(23-58-34(51)21-46(3)4)47(5)39(56)30-12-10-15-48(30)38(29)55/h6,9,14,17-18,20,24,28-32H,1,7-8,10-13,15-16,19,21-23H2,2-5H3,(H,43,53)(H,44,50)(H,45,52)/t24-,28-,29-,30-,31-,32-/m0/s1. The van der Waals surface area contributed by atoms with Gasteiger partial charge in [0.15, 0.2) is 0 Å². The quantitative estimate of drug-likeness (QED) is 0.104. The zero-order valence-electron chi connectivity index (χ0n) is 33.7. The summed E-state index contributed by atoms with van der Waals surface area (Å²) in [5.41, 5.74) is 0.00813. The van der Waals surface area contributed by atoms with E-state index in [0.717, 1.165) is 17.0 Å². The van der Waals surface area contributed by atoms with E-state index in [1.807, 2.05) is 0 Å². The highest BCUT2D eigenvalue weighted by Gasteiger charge is 2.44. The Morgan fingerprint density at radius 1 is 0.983 bits per heavy atom. The number of carbonyl (C=O) groups is 8. The number of unbranched alkanes of at least 4 members (excludes halogenated alkanes) is 1. The number of carbonyl (C=O) groups excluding carboxylic acids is 8. The van der Waals surface area contributed by atoms with Crippen molar-refractivity contribution in [3.8, 4) is 0 Å². The van der Waals surface area contributed by atoms with Crippen LogP contribution < -0.4 is 16.0 Å². The van der Waals surface area contributed by atoms with E-state index in [1.54, 1.807) is 31.1 Å². The van der Waals surface area contributed by atoms with Crippen molar-refractivity contribution in [1.29, 1.82) is 0 Å². The van der Waals surface area contributed by atoms with Crippen LogP contribution in [0.15, 0.2) is 43.0 Å². The fourth-order valence-electron chi connectivity index (χ4n) is 7.12. The van der Waals surface area contributed by atoms with Crippen LogP contribution in [0, 0.1) is 11.6 Å². The molecule has 0 aromatic heterocycles. The van der Waals surface area contributed by atoms with Gasteiger partial charge < -0.3 is 40.1 Å². The molecule has 6 atom stereocenters. The highest BCUT2D eigenvalue weighted by atomic mass is 19.1. The summed E-state index contributed by atoms with van der Waals surface area (Å²) in [7, 11) is 4.57. The number of esters is 2. The molecule has 0 radical (unpaired) electrons. The van der Waals surface area contributed by atoms with E-state index in [0.29, 0.717) is 31.7 Å². The molecule has 1 aromatic rings. The molecular formula is C40H53F2N7O10. The van der Waals surface area contributed by atoms with E-state index >= 15 is 0 Å². The largest absolute Gasteiger partial charge is 0.462 e. The lowest BCUT2D eigenvalue weighted by Crippen LogP contribution is -2.61. The first kappa shape index (κ1) is 46.0. The molecule has 3 aliphatic rings. The monoisotopic (exact) mass is 829 g/mol. The van der Waals surface area contributed by atoms with Gasteiger partial charge in [0.05, 0.1) is 6.54 Å². The normalized spacial score (nSPS) is 23.7. The molecule has 322 valence electrons. The Morgan fingerprint density at radius 3 is 2.27 bits per heavy atom. The Labute approximate surface area is 341 Å². The van der Waals surface area contributed by atoms with E-state index in [1.165, 1.54) is 29.8 Å². The summed E-state index contributed by atoms with van der Waals surface area (Å²) < 4.78 is 39.4. The van der Waals surface area contributed by atoms with E-state index in [-0.39, 0.29) is 38.0 Å². The lowest BCUT2D eigenvalue weighted by Gasteiger charge is -2.35. The molecule has 59 heavy (non-hydrogen) atoms. The molecule has 4 rings (SSSR count). The van der Waals surface area contributed by atoms with Gasteiger partial charge in [-0.3, -0.25) is 38.5 Å². The molecule has 3 heterocycles. The van der Waals surface area contributed by atoms with Crippen molar-refractivity contribution in [3.05, 3.63) is 60.2 Å². The number of hydrogen-bond donors (Lipinski definition) is 3. The second kappa shape index (κ2) is 21.3. The minimum atomic E-state index is -1.65. The molecule has 1 aromatic carbocycles. The minimum Gasteiger partial charge on any atom is -0.462 e. The number of rotatable bonds is 13. The summed E-state index contributed by atoms with van der Waals surface area (Å²) >= 11 is 0. The summed E-state index contributed by atoms with van der Waals surface area (Å²) in [5, 5.41) is 7.61. The van der Waals surface area contributed by atoms with E-state index in [9.17, 15) is 47.1 Å². The summed E-state index contributed by atoms with van der Waals surface area (Å²) in [4.78, 5) is 114. The molecule has 3 aliphatic heterocycles. The molecule has 6 amide bonds. The third kappa shape index (κ3) is 12.6. The minimum absolute atomic E-state index is 0.00813. The van der Waals surface area contributed by atoms with Crippen LogP contribution in [0.2, 0.25) is 0 Å². The van der Waals surface area contributed by atoms with Crippen molar-refractivity contribution in [2.45, 2.75) is 88.1 Å². The van der Waals surface area contributed by atoms with E-state index in [2.05, 4.69) is 22.5 Å². The van der Waals surface area contributed by atoms with Gasteiger partial charge >= 0.3 is 11.9 Å². The number of benzene rings is 1. The van der Waals surface area contributed by atoms with Crippen LogP contribution in [0.4, 0.5) is 8.78 Å².